The van der Waals surface area contributed by atoms with Gasteiger partial charge in [-0.05, 0) is 37.2 Å². The lowest BCUT2D eigenvalue weighted by Gasteiger charge is -2.35. The lowest BCUT2D eigenvalue weighted by Crippen LogP contribution is -2.33. The van der Waals surface area contributed by atoms with Gasteiger partial charge in [0, 0.05) is 10.5 Å². The Hall–Kier alpha value is -0.960. The van der Waals surface area contributed by atoms with Crippen LogP contribution in [0.1, 0.15) is 51.0 Å². The topological polar surface area (TPSA) is 37.3 Å². The van der Waals surface area contributed by atoms with Crippen molar-refractivity contribution in [3.63, 3.8) is 0 Å². The SMILES string of the molecule is CCC(C)SC1CC(c2ccccc2)CCC1C(=O)O. The maximum atomic E-state index is 11.5. The highest BCUT2D eigenvalue weighted by Gasteiger charge is 2.36. The van der Waals surface area contributed by atoms with Crippen molar-refractivity contribution in [1.82, 2.24) is 0 Å². The van der Waals surface area contributed by atoms with Crippen LogP contribution in [0.3, 0.4) is 0 Å². The summed E-state index contributed by atoms with van der Waals surface area (Å²) in [5, 5.41) is 10.2. The van der Waals surface area contributed by atoms with Crippen molar-refractivity contribution in [2.75, 3.05) is 0 Å². The third kappa shape index (κ3) is 3.78. The first kappa shape index (κ1) is 15.4. The first-order valence-corrected chi connectivity index (χ1v) is 8.49. The van der Waals surface area contributed by atoms with Gasteiger partial charge in [-0.2, -0.15) is 11.8 Å². The fourth-order valence-corrected chi connectivity index (χ4v) is 4.56. The van der Waals surface area contributed by atoms with Gasteiger partial charge in [0.25, 0.3) is 0 Å². The van der Waals surface area contributed by atoms with E-state index in [1.165, 1.54) is 5.56 Å². The highest BCUT2D eigenvalue weighted by molar-refractivity contribution is 8.00. The summed E-state index contributed by atoms with van der Waals surface area (Å²) in [5.74, 6) is -0.264. The van der Waals surface area contributed by atoms with E-state index in [4.69, 9.17) is 0 Å². The number of thioether (sulfide) groups is 1. The first-order chi connectivity index (χ1) is 9.61. The maximum absolute atomic E-state index is 11.5. The first-order valence-electron chi connectivity index (χ1n) is 7.55. The summed E-state index contributed by atoms with van der Waals surface area (Å²) in [6.45, 7) is 4.38. The lowest BCUT2D eigenvalue weighted by atomic mass is 9.78. The highest BCUT2D eigenvalue weighted by atomic mass is 32.2. The van der Waals surface area contributed by atoms with Gasteiger partial charge in [-0.1, -0.05) is 44.2 Å². The van der Waals surface area contributed by atoms with E-state index in [1.54, 1.807) is 0 Å². The van der Waals surface area contributed by atoms with E-state index < -0.39 is 5.97 Å². The van der Waals surface area contributed by atoms with Crippen LogP contribution in [0.25, 0.3) is 0 Å². The summed E-state index contributed by atoms with van der Waals surface area (Å²) in [4.78, 5) is 11.5. The van der Waals surface area contributed by atoms with Gasteiger partial charge < -0.3 is 5.11 Å². The van der Waals surface area contributed by atoms with Crippen molar-refractivity contribution in [3.8, 4) is 0 Å². The molecule has 1 fully saturated rings. The van der Waals surface area contributed by atoms with Gasteiger partial charge in [-0.25, -0.2) is 0 Å². The molecule has 20 heavy (non-hydrogen) atoms. The summed E-state index contributed by atoms with van der Waals surface area (Å²) in [5.41, 5.74) is 1.37. The van der Waals surface area contributed by atoms with Crippen LogP contribution < -0.4 is 0 Å². The van der Waals surface area contributed by atoms with Gasteiger partial charge in [0.15, 0.2) is 0 Å². The second-order valence-electron chi connectivity index (χ2n) is 5.76. The molecule has 2 nitrogen and oxygen atoms in total. The Morgan fingerprint density at radius 1 is 1.35 bits per heavy atom. The number of carboxylic acid groups (broad SMARTS) is 1. The summed E-state index contributed by atoms with van der Waals surface area (Å²) in [7, 11) is 0. The van der Waals surface area contributed by atoms with E-state index >= 15 is 0 Å². The molecule has 1 aromatic rings. The van der Waals surface area contributed by atoms with Crippen LogP contribution in [-0.2, 0) is 4.79 Å². The molecular weight excluding hydrogens is 268 g/mol. The van der Waals surface area contributed by atoms with E-state index in [-0.39, 0.29) is 11.2 Å². The third-order valence-corrected chi connectivity index (χ3v) is 6.03. The van der Waals surface area contributed by atoms with Crippen LogP contribution in [0, 0.1) is 5.92 Å². The van der Waals surface area contributed by atoms with Gasteiger partial charge in [-0.15, -0.1) is 0 Å². The zero-order valence-corrected chi connectivity index (χ0v) is 13.1. The van der Waals surface area contributed by atoms with E-state index in [2.05, 4.69) is 38.1 Å². The van der Waals surface area contributed by atoms with Crippen molar-refractivity contribution in [2.45, 2.75) is 55.9 Å². The Labute approximate surface area is 126 Å². The Morgan fingerprint density at radius 3 is 2.65 bits per heavy atom. The quantitative estimate of drug-likeness (QED) is 0.864. The molecule has 110 valence electrons. The predicted molar refractivity (Wildman–Crippen MR) is 85.3 cm³/mol. The van der Waals surface area contributed by atoms with Crippen molar-refractivity contribution in [1.29, 1.82) is 0 Å². The van der Waals surface area contributed by atoms with Crippen molar-refractivity contribution >= 4 is 17.7 Å². The molecule has 4 atom stereocenters. The van der Waals surface area contributed by atoms with Gasteiger partial charge in [0.1, 0.15) is 0 Å². The lowest BCUT2D eigenvalue weighted by molar-refractivity contribution is -0.142. The third-order valence-electron chi connectivity index (χ3n) is 4.36. The Kier molecular flexibility index (Phi) is 5.53. The molecule has 0 amide bonds. The van der Waals surface area contributed by atoms with Crippen molar-refractivity contribution in [2.24, 2.45) is 5.92 Å². The minimum absolute atomic E-state index is 0.172. The predicted octanol–water partition coefficient (Wildman–Crippen LogP) is 4.56. The summed E-state index contributed by atoms with van der Waals surface area (Å²) >= 11 is 1.87. The molecule has 0 radical (unpaired) electrons. The molecule has 1 N–H and O–H groups in total. The van der Waals surface area contributed by atoms with Gasteiger partial charge in [0.05, 0.1) is 5.92 Å². The van der Waals surface area contributed by atoms with E-state index in [0.717, 1.165) is 25.7 Å². The molecule has 1 saturated carbocycles. The zero-order chi connectivity index (χ0) is 14.5. The average molecular weight is 292 g/mol. The Morgan fingerprint density at radius 2 is 2.05 bits per heavy atom. The van der Waals surface area contributed by atoms with E-state index in [9.17, 15) is 9.90 Å². The maximum Gasteiger partial charge on any atom is 0.307 e. The highest BCUT2D eigenvalue weighted by Crippen LogP contribution is 2.43. The number of hydrogen-bond acceptors (Lipinski definition) is 2. The molecule has 4 unspecified atom stereocenters. The van der Waals surface area contributed by atoms with Crippen LogP contribution in [0.5, 0.6) is 0 Å². The van der Waals surface area contributed by atoms with Gasteiger partial charge in [-0.3, -0.25) is 4.79 Å². The summed E-state index contributed by atoms with van der Waals surface area (Å²) in [6, 6.07) is 10.6. The molecule has 1 aliphatic rings. The number of rotatable bonds is 5. The van der Waals surface area contributed by atoms with Crippen LogP contribution in [-0.4, -0.2) is 21.6 Å². The van der Waals surface area contributed by atoms with Crippen molar-refractivity contribution < 1.29 is 9.90 Å². The monoisotopic (exact) mass is 292 g/mol. The normalized spacial score (nSPS) is 28.0. The van der Waals surface area contributed by atoms with E-state index in [1.807, 2.05) is 17.8 Å². The molecule has 0 aromatic heterocycles. The standard InChI is InChI=1S/C17H24O2S/c1-3-12(2)20-16-11-14(9-10-15(16)17(18)19)13-7-5-4-6-8-13/h4-8,12,14-16H,3,9-11H2,1-2H3,(H,18,19). The van der Waals surface area contributed by atoms with E-state index in [0.29, 0.717) is 11.2 Å². The summed E-state index contributed by atoms with van der Waals surface area (Å²) in [6.07, 6.45) is 3.90. The van der Waals surface area contributed by atoms with Gasteiger partial charge in [0.2, 0.25) is 0 Å². The zero-order valence-electron chi connectivity index (χ0n) is 12.3. The van der Waals surface area contributed by atoms with Crippen molar-refractivity contribution in [3.05, 3.63) is 35.9 Å². The molecule has 0 saturated heterocycles. The molecule has 1 aromatic carbocycles. The fraction of sp³-hybridized carbons (Fsp3) is 0.588. The number of hydrogen-bond donors (Lipinski definition) is 1. The van der Waals surface area contributed by atoms with Crippen LogP contribution in [0.2, 0.25) is 0 Å². The number of aliphatic carboxylic acids is 1. The number of benzene rings is 1. The second-order valence-corrected chi connectivity index (χ2v) is 7.44. The van der Waals surface area contributed by atoms with Crippen LogP contribution in [0.4, 0.5) is 0 Å². The molecule has 0 bridgehead atoms. The average Bonchev–Trinajstić information content (AvgIpc) is 2.47. The molecule has 0 spiro atoms. The van der Waals surface area contributed by atoms with Crippen LogP contribution >= 0.6 is 11.8 Å². The number of carbonyl (C=O) groups is 1. The fourth-order valence-electron chi connectivity index (χ4n) is 2.98. The smallest absolute Gasteiger partial charge is 0.307 e. The molecule has 3 heteroatoms. The molecular formula is C17H24O2S. The summed E-state index contributed by atoms with van der Waals surface area (Å²) < 4.78 is 0. The molecule has 1 aliphatic carbocycles. The largest absolute Gasteiger partial charge is 0.481 e. The van der Waals surface area contributed by atoms with Gasteiger partial charge >= 0.3 is 5.97 Å². The Bertz CT molecular complexity index is 432. The van der Waals surface area contributed by atoms with Crippen LogP contribution in [0.15, 0.2) is 30.3 Å². The molecule has 0 heterocycles. The molecule has 0 aliphatic heterocycles. The second kappa shape index (κ2) is 7.16. The minimum Gasteiger partial charge on any atom is -0.481 e. The molecule has 2 rings (SSSR count). The number of carboxylic acids is 1. The minimum atomic E-state index is -0.614. The Balaban J connectivity index is 2.09.